The molecule has 0 saturated carbocycles. The van der Waals surface area contributed by atoms with Gasteiger partial charge in [-0.15, -0.1) is 0 Å². The van der Waals surface area contributed by atoms with Crippen molar-refractivity contribution in [2.24, 2.45) is 0 Å². The maximum absolute atomic E-state index is 12.2. The topological polar surface area (TPSA) is 103 Å². The van der Waals surface area contributed by atoms with Gasteiger partial charge in [-0.05, 0) is 18.1 Å². The summed E-state index contributed by atoms with van der Waals surface area (Å²) in [6, 6.07) is 9.44. The molecule has 1 heterocycles. The molecule has 6 heteroatoms. The molecule has 1 aromatic heterocycles. The molecule has 0 radical (unpaired) electrons. The van der Waals surface area contributed by atoms with E-state index < -0.39 is 23.3 Å². The van der Waals surface area contributed by atoms with Crippen LogP contribution in [-0.4, -0.2) is 26.2 Å². The van der Waals surface area contributed by atoms with E-state index in [-0.39, 0.29) is 17.8 Å². The van der Waals surface area contributed by atoms with Crippen LogP contribution in [0.15, 0.2) is 35.1 Å². The maximum Gasteiger partial charge on any atom is 0.303 e. The molecule has 0 aliphatic carbocycles. The second kappa shape index (κ2) is 7.40. The number of H-pyrrole nitrogens is 1. The highest BCUT2D eigenvalue weighted by molar-refractivity contribution is 5.68. The molecule has 1 aromatic carbocycles. The summed E-state index contributed by atoms with van der Waals surface area (Å²) < 4.78 is 0. The van der Waals surface area contributed by atoms with Gasteiger partial charge in [0.15, 0.2) is 0 Å². The van der Waals surface area contributed by atoms with Crippen LogP contribution in [-0.2, 0) is 4.79 Å². The molecule has 0 bridgehead atoms. The van der Waals surface area contributed by atoms with Crippen LogP contribution in [0.25, 0.3) is 12.2 Å². The van der Waals surface area contributed by atoms with Crippen molar-refractivity contribution in [1.82, 2.24) is 9.97 Å². The highest BCUT2D eigenvalue weighted by Crippen LogP contribution is 2.26. The Hall–Kier alpha value is -2.89. The molecular formula is C17H18N2O4. The van der Waals surface area contributed by atoms with E-state index in [1.165, 1.54) is 0 Å². The summed E-state index contributed by atoms with van der Waals surface area (Å²) in [6.45, 7) is 1.76. The molecule has 0 aliphatic rings. The van der Waals surface area contributed by atoms with Crippen molar-refractivity contribution < 1.29 is 15.0 Å². The number of aliphatic carboxylic acids is 1. The van der Waals surface area contributed by atoms with Gasteiger partial charge in [-0.1, -0.05) is 43.3 Å². The highest BCUT2D eigenvalue weighted by Gasteiger charge is 2.22. The Balaban J connectivity index is 2.31. The van der Waals surface area contributed by atoms with Crippen LogP contribution in [0.2, 0.25) is 0 Å². The van der Waals surface area contributed by atoms with Gasteiger partial charge in [-0.3, -0.25) is 9.59 Å². The van der Waals surface area contributed by atoms with E-state index in [9.17, 15) is 14.7 Å². The molecular weight excluding hydrogens is 296 g/mol. The number of carboxylic acid groups (broad SMARTS) is 1. The number of hydrogen-bond acceptors (Lipinski definition) is 4. The molecule has 1 atom stereocenters. The van der Waals surface area contributed by atoms with Gasteiger partial charge in [0.1, 0.15) is 5.82 Å². The van der Waals surface area contributed by atoms with E-state index in [1.807, 2.05) is 30.3 Å². The van der Waals surface area contributed by atoms with Crippen LogP contribution in [0.1, 0.15) is 42.6 Å². The SMILES string of the molecule is CCC(CC(=O)O)c1c(O)nc(C=Cc2ccccc2)[nH]c1=O. The second-order valence-corrected chi connectivity index (χ2v) is 5.14. The number of benzene rings is 1. The smallest absolute Gasteiger partial charge is 0.303 e. The van der Waals surface area contributed by atoms with Crippen LogP contribution < -0.4 is 5.56 Å². The minimum Gasteiger partial charge on any atom is -0.493 e. The fraction of sp³-hybridized carbons (Fsp3) is 0.235. The third-order valence-corrected chi connectivity index (χ3v) is 3.51. The Morgan fingerprint density at radius 3 is 2.57 bits per heavy atom. The summed E-state index contributed by atoms with van der Waals surface area (Å²) in [5, 5.41) is 18.9. The molecule has 0 amide bonds. The van der Waals surface area contributed by atoms with Crippen molar-refractivity contribution >= 4 is 18.1 Å². The molecule has 2 aromatic rings. The summed E-state index contributed by atoms with van der Waals surface area (Å²) in [5.41, 5.74) is 0.432. The van der Waals surface area contributed by atoms with Gasteiger partial charge in [-0.2, -0.15) is 4.98 Å². The average Bonchev–Trinajstić information content (AvgIpc) is 2.52. The first kappa shape index (κ1) is 16.5. The van der Waals surface area contributed by atoms with Gasteiger partial charge in [0.25, 0.3) is 5.56 Å². The fourth-order valence-corrected chi connectivity index (χ4v) is 2.33. The van der Waals surface area contributed by atoms with Crippen LogP contribution >= 0.6 is 0 Å². The summed E-state index contributed by atoms with van der Waals surface area (Å²) in [4.78, 5) is 29.6. The number of rotatable bonds is 6. The lowest BCUT2D eigenvalue weighted by molar-refractivity contribution is -0.137. The van der Waals surface area contributed by atoms with Crippen molar-refractivity contribution in [2.45, 2.75) is 25.7 Å². The number of aromatic hydroxyl groups is 1. The van der Waals surface area contributed by atoms with Gasteiger partial charge in [0.2, 0.25) is 5.88 Å². The normalized spacial score (nSPS) is 12.4. The van der Waals surface area contributed by atoms with E-state index >= 15 is 0 Å². The predicted molar refractivity (Wildman–Crippen MR) is 87.2 cm³/mol. The van der Waals surface area contributed by atoms with E-state index in [1.54, 1.807) is 19.1 Å². The second-order valence-electron chi connectivity index (χ2n) is 5.14. The predicted octanol–water partition coefficient (Wildman–Crippen LogP) is 2.61. The number of nitrogens with one attached hydrogen (secondary N) is 1. The third-order valence-electron chi connectivity index (χ3n) is 3.51. The molecule has 0 fully saturated rings. The highest BCUT2D eigenvalue weighted by atomic mass is 16.4. The molecule has 0 spiro atoms. The van der Waals surface area contributed by atoms with Crippen molar-refractivity contribution in [1.29, 1.82) is 0 Å². The quantitative estimate of drug-likeness (QED) is 0.760. The molecule has 6 nitrogen and oxygen atoms in total. The monoisotopic (exact) mass is 314 g/mol. The molecule has 120 valence electrons. The molecule has 3 N–H and O–H groups in total. The lowest BCUT2D eigenvalue weighted by Crippen LogP contribution is -2.20. The number of nitrogens with zero attached hydrogens (tertiary/aromatic N) is 1. The third kappa shape index (κ3) is 4.29. The number of carbonyl (C=O) groups is 1. The molecule has 1 unspecified atom stereocenters. The summed E-state index contributed by atoms with van der Waals surface area (Å²) >= 11 is 0. The largest absolute Gasteiger partial charge is 0.493 e. The lowest BCUT2D eigenvalue weighted by Gasteiger charge is -2.12. The standard InChI is InChI=1S/C17H18N2O4/c1-2-12(10-14(20)21)15-16(22)18-13(19-17(15)23)9-8-11-6-4-3-5-7-11/h3-9,12H,2,10H2,1H3,(H,20,21)(H2,18,19,22,23). The Morgan fingerprint density at radius 1 is 1.30 bits per heavy atom. The van der Waals surface area contributed by atoms with Gasteiger partial charge in [0.05, 0.1) is 12.0 Å². The number of carboxylic acids is 1. The zero-order valence-corrected chi connectivity index (χ0v) is 12.7. The first-order chi connectivity index (χ1) is 11.0. The maximum atomic E-state index is 12.2. The van der Waals surface area contributed by atoms with Crippen LogP contribution in [0.5, 0.6) is 5.88 Å². The van der Waals surface area contributed by atoms with Crippen LogP contribution in [0.4, 0.5) is 0 Å². The van der Waals surface area contributed by atoms with Gasteiger partial charge in [0, 0.05) is 5.92 Å². The Bertz CT molecular complexity index is 766. The van der Waals surface area contributed by atoms with E-state index in [2.05, 4.69) is 9.97 Å². The number of hydrogen-bond donors (Lipinski definition) is 3. The van der Waals surface area contributed by atoms with Crippen LogP contribution in [0.3, 0.4) is 0 Å². The summed E-state index contributed by atoms with van der Waals surface area (Å²) in [5.74, 6) is -1.81. The molecule has 0 saturated heterocycles. The first-order valence-corrected chi connectivity index (χ1v) is 7.29. The zero-order chi connectivity index (χ0) is 16.8. The molecule has 2 rings (SSSR count). The summed E-state index contributed by atoms with van der Waals surface area (Å²) in [7, 11) is 0. The molecule has 23 heavy (non-hydrogen) atoms. The van der Waals surface area contributed by atoms with Crippen molar-refractivity contribution in [3.8, 4) is 5.88 Å². The van der Waals surface area contributed by atoms with Gasteiger partial charge >= 0.3 is 5.97 Å². The number of aromatic nitrogens is 2. The minimum atomic E-state index is -1.02. The fourth-order valence-electron chi connectivity index (χ4n) is 2.33. The summed E-state index contributed by atoms with van der Waals surface area (Å²) in [6.07, 6.45) is 3.53. The minimum absolute atomic E-state index is 0.0201. The molecule has 0 aliphatic heterocycles. The Labute approximate surface area is 133 Å². The van der Waals surface area contributed by atoms with E-state index in [4.69, 9.17) is 5.11 Å². The average molecular weight is 314 g/mol. The van der Waals surface area contributed by atoms with Gasteiger partial charge in [-0.25, -0.2) is 0 Å². The van der Waals surface area contributed by atoms with E-state index in [0.717, 1.165) is 5.56 Å². The number of aromatic amines is 1. The van der Waals surface area contributed by atoms with Gasteiger partial charge < -0.3 is 15.2 Å². The van der Waals surface area contributed by atoms with Crippen molar-refractivity contribution in [3.63, 3.8) is 0 Å². The lowest BCUT2D eigenvalue weighted by atomic mass is 9.95. The van der Waals surface area contributed by atoms with Crippen LogP contribution in [0, 0.1) is 0 Å². The first-order valence-electron chi connectivity index (χ1n) is 7.29. The van der Waals surface area contributed by atoms with Crippen molar-refractivity contribution in [2.75, 3.05) is 0 Å². The van der Waals surface area contributed by atoms with E-state index in [0.29, 0.717) is 6.42 Å². The Morgan fingerprint density at radius 2 is 2.00 bits per heavy atom. The van der Waals surface area contributed by atoms with Crippen molar-refractivity contribution in [3.05, 3.63) is 57.6 Å². The Kier molecular flexibility index (Phi) is 5.30. The zero-order valence-electron chi connectivity index (χ0n) is 12.7.